The van der Waals surface area contributed by atoms with E-state index in [2.05, 4.69) is 28.5 Å². The third-order valence-corrected chi connectivity index (χ3v) is 5.99. The lowest BCUT2D eigenvalue weighted by atomic mass is 9.80. The molecule has 2 fully saturated rings. The zero-order valence-corrected chi connectivity index (χ0v) is 20.0. The van der Waals surface area contributed by atoms with Crippen LogP contribution in [0.1, 0.15) is 57.3 Å². The molecule has 0 unspecified atom stereocenters. The van der Waals surface area contributed by atoms with E-state index in [4.69, 9.17) is 23.7 Å². The molecule has 188 valence electrons. The van der Waals surface area contributed by atoms with Crippen molar-refractivity contribution in [2.45, 2.75) is 64.3 Å². The first-order chi connectivity index (χ1) is 16.5. The maximum absolute atomic E-state index is 11.4. The Labute approximate surface area is 200 Å². The average molecular weight is 479 g/mol. The van der Waals surface area contributed by atoms with Crippen molar-refractivity contribution < 1.29 is 42.7 Å². The first kappa shape index (κ1) is 25.8. The lowest BCUT2D eigenvalue weighted by Crippen LogP contribution is -2.32. The topological polar surface area (TPSA) is 98.8 Å². The van der Waals surface area contributed by atoms with E-state index in [0.717, 1.165) is 20.1 Å². The lowest BCUT2D eigenvalue weighted by Gasteiger charge is -2.26. The van der Waals surface area contributed by atoms with Crippen LogP contribution in [-0.2, 0) is 28.4 Å². The first-order valence-corrected chi connectivity index (χ1v) is 11.7. The fourth-order valence-corrected chi connectivity index (χ4v) is 4.20. The number of carbonyl (C=O) groups excluding carboxylic acids is 2. The number of carbonyl (C=O) groups is 2. The van der Waals surface area contributed by atoms with Crippen LogP contribution in [0.5, 0.6) is 5.75 Å². The van der Waals surface area contributed by atoms with Crippen molar-refractivity contribution in [3.8, 4) is 5.75 Å². The Morgan fingerprint density at radius 3 is 2.06 bits per heavy atom. The van der Waals surface area contributed by atoms with Crippen LogP contribution < -0.4 is 4.74 Å². The van der Waals surface area contributed by atoms with Crippen molar-refractivity contribution in [3.05, 3.63) is 42.0 Å². The molecule has 2 atom stereocenters. The van der Waals surface area contributed by atoms with Crippen LogP contribution in [-0.4, -0.2) is 45.7 Å². The summed E-state index contributed by atoms with van der Waals surface area (Å²) < 4.78 is 35.8. The highest BCUT2D eigenvalue weighted by atomic mass is 16.9. The van der Waals surface area contributed by atoms with Gasteiger partial charge in [0.15, 0.2) is 6.29 Å². The minimum atomic E-state index is -1.31. The molecular weight excluding hydrogens is 444 g/mol. The second kappa shape index (κ2) is 13.2. The Bertz CT molecular complexity index is 773. The summed E-state index contributed by atoms with van der Waals surface area (Å²) in [5.74, 6) is 2.25. The summed E-state index contributed by atoms with van der Waals surface area (Å²) in [6, 6.07) is 7.09. The molecule has 0 amide bonds. The summed E-state index contributed by atoms with van der Waals surface area (Å²) in [5.41, 5.74) is 0.626. The van der Waals surface area contributed by atoms with E-state index >= 15 is 0 Å². The Morgan fingerprint density at radius 1 is 0.941 bits per heavy atom. The number of allylic oxidation sites excluding steroid dienone is 1. The highest BCUT2D eigenvalue weighted by Gasteiger charge is 2.43. The van der Waals surface area contributed by atoms with Crippen LogP contribution in [0.2, 0.25) is 0 Å². The van der Waals surface area contributed by atoms with Crippen molar-refractivity contribution in [3.63, 3.8) is 0 Å². The lowest BCUT2D eigenvalue weighted by molar-refractivity contribution is -0.156. The fourth-order valence-electron chi connectivity index (χ4n) is 4.20. The molecule has 1 aromatic carbocycles. The average Bonchev–Trinajstić information content (AvgIpc) is 3.25. The minimum Gasteiger partial charge on any atom is -0.490 e. The van der Waals surface area contributed by atoms with Crippen molar-refractivity contribution in [1.29, 1.82) is 0 Å². The molecule has 1 aromatic rings. The van der Waals surface area contributed by atoms with Gasteiger partial charge in [-0.2, -0.15) is 0 Å². The number of rotatable bonds is 9. The van der Waals surface area contributed by atoms with E-state index in [0.29, 0.717) is 23.8 Å². The van der Waals surface area contributed by atoms with E-state index in [1.165, 1.54) is 38.5 Å². The quantitative estimate of drug-likeness (QED) is 0.337. The number of ether oxygens (including phenoxy) is 7. The first-order valence-electron chi connectivity index (χ1n) is 11.7. The standard InChI is InChI=1S/C25H34O9/c1-4-6-17-8-10-18(11-9-17)7-5-16-30-20-14-12-19(13-15-20)21-31-22(33-24(26)28-2)23(32-21)34-25(27)29-3/h5,7,12-15,17-18,21-23H,4,6,8-11,16H2,1-3H3/b7-5+/t17-,18-,22-,23-/m1/s1. The molecule has 9 nitrogen and oxygen atoms in total. The molecule has 9 heteroatoms. The summed E-state index contributed by atoms with van der Waals surface area (Å²) in [6.45, 7) is 2.76. The highest BCUT2D eigenvalue weighted by Crippen LogP contribution is 2.34. The largest absolute Gasteiger partial charge is 0.510 e. The van der Waals surface area contributed by atoms with Gasteiger partial charge in [0.2, 0.25) is 0 Å². The van der Waals surface area contributed by atoms with Crippen molar-refractivity contribution in [2.75, 3.05) is 20.8 Å². The Balaban J connectivity index is 1.47. The van der Waals surface area contributed by atoms with Crippen LogP contribution in [0.15, 0.2) is 36.4 Å². The maximum atomic E-state index is 11.4. The molecule has 1 saturated carbocycles. The molecule has 3 rings (SSSR count). The highest BCUT2D eigenvalue weighted by molar-refractivity contribution is 5.61. The summed E-state index contributed by atoms with van der Waals surface area (Å²) in [4.78, 5) is 22.9. The van der Waals surface area contributed by atoms with E-state index in [1.807, 2.05) is 0 Å². The van der Waals surface area contributed by atoms with E-state index in [9.17, 15) is 9.59 Å². The van der Waals surface area contributed by atoms with E-state index in [-0.39, 0.29) is 0 Å². The number of hydrogen-bond donors (Lipinski definition) is 0. The normalized spacial score (nSPS) is 25.1. The van der Waals surface area contributed by atoms with Crippen molar-refractivity contribution >= 4 is 12.3 Å². The van der Waals surface area contributed by atoms with Gasteiger partial charge in [-0.3, -0.25) is 0 Å². The molecule has 0 N–H and O–H groups in total. The van der Waals surface area contributed by atoms with Gasteiger partial charge in [0.05, 0.1) is 14.2 Å². The van der Waals surface area contributed by atoms with Gasteiger partial charge in [-0.1, -0.05) is 44.1 Å². The Hall–Kier alpha value is -2.78. The molecule has 1 saturated heterocycles. The van der Waals surface area contributed by atoms with Gasteiger partial charge < -0.3 is 33.2 Å². The van der Waals surface area contributed by atoms with Gasteiger partial charge >= 0.3 is 12.3 Å². The second-order valence-corrected chi connectivity index (χ2v) is 8.36. The molecule has 1 aliphatic heterocycles. The van der Waals surface area contributed by atoms with Gasteiger partial charge in [-0.05, 0) is 49.7 Å². The van der Waals surface area contributed by atoms with Crippen molar-refractivity contribution in [1.82, 2.24) is 0 Å². The zero-order valence-electron chi connectivity index (χ0n) is 20.0. The van der Waals surface area contributed by atoms with Crippen LogP contribution in [0, 0.1) is 11.8 Å². The number of hydrogen-bond acceptors (Lipinski definition) is 9. The summed E-state index contributed by atoms with van der Waals surface area (Å²) in [6.07, 6.45) is 6.62. The minimum absolute atomic E-state index is 0.495. The Kier molecular flexibility index (Phi) is 10.0. The summed E-state index contributed by atoms with van der Waals surface area (Å²) >= 11 is 0. The van der Waals surface area contributed by atoms with Gasteiger partial charge in [-0.15, -0.1) is 0 Å². The van der Waals surface area contributed by atoms with Crippen LogP contribution in [0.3, 0.4) is 0 Å². The van der Waals surface area contributed by atoms with Crippen molar-refractivity contribution in [2.24, 2.45) is 11.8 Å². The zero-order chi connectivity index (χ0) is 24.3. The van der Waals surface area contributed by atoms with E-state index in [1.54, 1.807) is 24.3 Å². The molecule has 34 heavy (non-hydrogen) atoms. The predicted octanol–water partition coefficient (Wildman–Crippen LogP) is 5.49. The molecule has 1 aliphatic carbocycles. The molecule has 0 aromatic heterocycles. The van der Waals surface area contributed by atoms with Gasteiger partial charge in [-0.25, -0.2) is 9.59 Å². The number of benzene rings is 1. The SMILES string of the molecule is CCC[C@H]1CC[C@H](/C=C/COc2ccc(C3O[C@H](OC(=O)OC)[C@@H](OC(=O)OC)O3)cc2)CC1. The molecule has 0 radical (unpaired) electrons. The summed E-state index contributed by atoms with van der Waals surface area (Å²) in [5, 5.41) is 0. The van der Waals surface area contributed by atoms with Crippen LogP contribution in [0.4, 0.5) is 9.59 Å². The Morgan fingerprint density at radius 2 is 1.53 bits per heavy atom. The molecule has 1 heterocycles. The third-order valence-electron chi connectivity index (χ3n) is 5.99. The van der Waals surface area contributed by atoms with Crippen LogP contribution in [0.25, 0.3) is 0 Å². The monoisotopic (exact) mass is 478 g/mol. The molecule has 0 bridgehead atoms. The van der Waals surface area contributed by atoms with Gasteiger partial charge in [0, 0.05) is 5.56 Å². The van der Waals surface area contributed by atoms with Crippen LogP contribution >= 0.6 is 0 Å². The molecule has 2 aliphatic rings. The number of methoxy groups -OCH3 is 2. The maximum Gasteiger partial charge on any atom is 0.510 e. The summed E-state index contributed by atoms with van der Waals surface area (Å²) in [7, 11) is 2.30. The predicted molar refractivity (Wildman–Crippen MR) is 121 cm³/mol. The second-order valence-electron chi connectivity index (χ2n) is 8.36. The molecule has 0 spiro atoms. The van der Waals surface area contributed by atoms with Gasteiger partial charge in [0.25, 0.3) is 12.6 Å². The van der Waals surface area contributed by atoms with Gasteiger partial charge in [0.1, 0.15) is 12.4 Å². The third kappa shape index (κ3) is 7.63. The van der Waals surface area contributed by atoms with E-state index < -0.39 is 31.2 Å². The fraction of sp³-hybridized carbons (Fsp3) is 0.600. The smallest absolute Gasteiger partial charge is 0.490 e. The molecular formula is C25H34O9.